The van der Waals surface area contributed by atoms with Gasteiger partial charge in [-0.2, -0.15) is 0 Å². The van der Waals surface area contributed by atoms with Crippen LogP contribution in [0.5, 0.6) is 5.75 Å². The summed E-state index contributed by atoms with van der Waals surface area (Å²) in [5.74, 6) is 0.427. The monoisotopic (exact) mass is 294 g/mol. The van der Waals surface area contributed by atoms with E-state index in [1.807, 2.05) is 26.0 Å². The molecule has 21 heavy (non-hydrogen) atoms. The summed E-state index contributed by atoms with van der Waals surface area (Å²) in [4.78, 5) is 2.42. The van der Waals surface area contributed by atoms with E-state index < -0.39 is 0 Å². The van der Waals surface area contributed by atoms with Crippen molar-refractivity contribution in [3.05, 3.63) is 29.6 Å². The van der Waals surface area contributed by atoms with E-state index in [4.69, 9.17) is 4.74 Å². The van der Waals surface area contributed by atoms with E-state index in [2.05, 4.69) is 10.2 Å². The standard InChI is InChI=1S/C17H27FN2O/c1-3-19-14(2)16-8-7-15(13-17(16)18)21-12-11-20-9-5-4-6-10-20/h7-8,13-14,19H,3-6,9-12H2,1-2H3. The Bertz CT molecular complexity index is 433. The summed E-state index contributed by atoms with van der Waals surface area (Å²) in [6.45, 7) is 8.70. The number of halogens is 1. The lowest BCUT2D eigenvalue weighted by molar-refractivity contribution is 0.183. The van der Waals surface area contributed by atoms with Gasteiger partial charge in [0.2, 0.25) is 0 Å². The predicted molar refractivity (Wildman–Crippen MR) is 84.3 cm³/mol. The molecule has 1 fully saturated rings. The number of rotatable bonds is 7. The molecule has 1 atom stereocenters. The molecule has 0 aromatic heterocycles. The van der Waals surface area contributed by atoms with E-state index >= 15 is 0 Å². The Labute approximate surface area is 127 Å². The molecule has 0 spiro atoms. The minimum absolute atomic E-state index is 0.0254. The maximum atomic E-state index is 14.1. The van der Waals surface area contributed by atoms with Gasteiger partial charge in [0.1, 0.15) is 18.2 Å². The van der Waals surface area contributed by atoms with Crippen LogP contribution >= 0.6 is 0 Å². The van der Waals surface area contributed by atoms with E-state index in [1.165, 1.54) is 25.3 Å². The molecule has 1 aliphatic rings. The normalized spacial score (nSPS) is 17.7. The van der Waals surface area contributed by atoms with Crippen molar-refractivity contribution in [2.75, 3.05) is 32.8 Å². The first kappa shape index (κ1) is 16.2. The fraction of sp³-hybridized carbons (Fsp3) is 0.647. The molecule has 1 aromatic carbocycles. The third kappa shape index (κ3) is 4.97. The summed E-state index contributed by atoms with van der Waals surface area (Å²) >= 11 is 0. The van der Waals surface area contributed by atoms with Crippen LogP contribution in [0.25, 0.3) is 0 Å². The zero-order valence-electron chi connectivity index (χ0n) is 13.2. The summed E-state index contributed by atoms with van der Waals surface area (Å²) in [6, 6.07) is 5.21. The van der Waals surface area contributed by atoms with Gasteiger partial charge in [-0.05, 0) is 45.5 Å². The Balaban J connectivity index is 1.82. The van der Waals surface area contributed by atoms with Crippen molar-refractivity contribution >= 4 is 0 Å². The average molecular weight is 294 g/mol. The molecular weight excluding hydrogens is 267 g/mol. The van der Waals surface area contributed by atoms with E-state index in [-0.39, 0.29) is 11.9 Å². The predicted octanol–water partition coefficient (Wildman–Crippen LogP) is 3.36. The first-order valence-electron chi connectivity index (χ1n) is 8.08. The third-order valence-corrected chi connectivity index (χ3v) is 4.07. The van der Waals surface area contributed by atoms with E-state index in [0.29, 0.717) is 17.9 Å². The van der Waals surface area contributed by atoms with E-state index in [9.17, 15) is 4.39 Å². The van der Waals surface area contributed by atoms with Crippen molar-refractivity contribution in [3.63, 3.8) is 0 Å². The SMILES string of the molecule is CCNC(C)c1ccc(OCCN2CCCCC2)cc1F. The van der Waals surface area contributed by atoms with Crippen LogP contribution in [0.3, 0.4) is 0 Å². The molecule has 1 N–H and O–H groups in total. The van der Waals surface area contributed by atoms with Crippen LogP contribution in [0.15, 0.2) is 18.2 Å². The van der Waals surface area contributed by atoms with Gasteiger partial charge in [-0.1, -0.05) is 19.4 Å². The largest absolute Gasteiger partial charge is 0.492 e. The Morgan fingerprint density at radius 2 is 2.05 bits per heavy atom. The lowest BCUT2D eigenvalue weighted by Crippen LogP contribution is -2.33. The number of hydrogen-bond acceptors (Lipinski definition) is 3. The maximum absolute atomic E-state index is 14.1. The Morgan fingerprint density at radius 1 is 1.29 bits per heavy atom. The van der Waals surface area contributed by atoms with Gasteiger partial charge in [0.25, 0.3) is 0 Å². The van der Waals surface area contributed by atoms with Gasteiger partial charge in [-0.25, -0.2) is 4.39 Å². The smallest absolute Gasteiger partial charge is 0.131 e. The summed E-state index contributed by atoms with van der Waals surface area (Å²) in [5, 5.41) is 3.22. The van der Waals surface area contributed by atoms with Crippen LogP contribution in [-0.2, 0) is 0 Å². The molecule has 1 saturated heterocycles. The molecule has 1 aromatic rings. The highest BCUT2D eigenvalue weighted by molar-refractivity contribution is 5.30. The zero-order chi connectivity index (χ0) is 15.1. The molecule has 0 amide bonds. The Morgan fingerprint density at radius 3 is 2.71 bits per heavy atom. The van der Waals surface area contributed by atoms with Gasteiger partial charge < -0.3 is 10.1 Å². The second-order valence-corrected chi connectivity index (χ2v) is 5.71. The van der Waals surface area contributed by atoms with Crippen LogP contribution in [0.4, 0.5) is 4.39 Å². The van der Waals surface area contributed by atoms with Crippen molar-refractivity contribution < 1.29 is 9.13 Å². The second kappa shape index (κ2) is 8.35. The van der Waals surface area contributed by atoms with E-state index in [1.54, 1.807) is 0 Å². The van der Waals surface area contributed by atoms with Gasteiger partial charge in [-0.3, -0.25) is 4.90 Å². The molecule has 1 heterocycles. The fourth-order valence-corrected chi connectivity index (χ4v) is 2.84. The summed E-state index contributed by atoms with van der Waals surface area (Å²) in [6.07, 6.45) is 3.91. The minimum atomic E-state index is -0.195. The zero-order valence-corrected chi connectivity index (χ0v) is 13.2. The summed E-state index contributed by atoms with van der Waals surface area (Å²) in [7, 11) is 0. The van der Waals surface area contributed by atoms with Gasteiger partial charge in [0, 0.05) is 24.2 Å². The molecule has 4 heteroatoms. The number of piperidine rings is 1. The fourth-order valence-electron chi connectivity index (χ4n) is 2.84. The number of likely N-dealkylation sites (tertiary alicyclic amines) is 1. The topological polar surface area (TPSA) is 24.5 Å². The molecule has 0 radical (unpaired) electrons. The third-order valence-electron chi connectivity index (χ3n) is 4.07. The van der Waals surface area contributed by atoms with Crippen LogP contribution in [0.1, 0.15) is 44.7 Å². The van der Waals surface area contributed by atoms with Crippen molar-refractivity contribution in [1.29, 1.82) is 0 Å². The minimum Gasteiger partial charge on any atom is -0.492 e. The lowest BCUT2D eigenvalue weighted by Gasteiger charge is -2.26. The molecule has 1 aliphatic heterocycles. The highest BCUT2D eigenvalue weighted by atomic mass is 19.1. The van der Waals surface area contributed by atoms with Crippen molar-refractivity contribution in [1.82, 2.24) is 10.2 Å². The van der Waals surface area contributed by atoms with Gasteiger partial charge >= 0.3 is 0 Å². The molecule has 0 bridgehead atoms. The number of nitrogens with zero attached hydrogens (tertiary/aromatic N) is 1. The molecule has 118 valence electrons. The molecule has 0 aliphatic carbocycles. The first-order chi connectivity index (χ1) is 10.2. The van der Waals surface area contributed by atoms with Crippen LogP contribution in [0, 0.1) is 5.82 Å². The van der Waals surface area contributed by atoms with Gasteiger partial charge in [-0.15, -0.1) is 0 Å². The highest BCUT2D eigenvalue weighted by Crippen LogP contribution is 2.22. The second-order valence-electron chi connectivity index (χ2n) is 5.71. The Kier molecular flexibility index (Phi) is 6.46. The summed E-state index contributed by atoms with van der Waals surface area (Å²) in [5.41, 5.74) is 0.695. The Hall–Kier alpha value is -1.13. The van der Waals surface area contributed by atoms with E-state index in [0.717, 1.165) is 26.2 Å². The molecule has 3 nitrogen and oxygen atoms in total. The number of ether oxygens (including phenoxy) is 1. The molecule has 2 rings (SSSR count). The van der Waals surface area contributed by atoms with Gasteiger partial charge in [0.15, 0.2) is 0 Å². The quantitative estimate of drug-likeness (QED) is 0.834. The van der Waals surface area contributed by atoms with Crippen molar-refractivity contribution in [3.8, 4) is 5.75 Å². The average Bonchev–Trinajstić information content (AvgIpc) is 2.48. The van der Waals surface area contributed by atoms with Crippen molar-refractivity contribution in [2.45, 2.75) is 39.2 Å². The number of hydrogen-bond donors (Lipinski definition) is 1. The number of nitrogens with one attached hydrogen (secondary N) is 1. The molecular formula is C17H27FN2O. The molecule has 0 saturated carbocycles. The maximum Gasteiger partial charge on any atom is 0.131 e. The highest BCUT2D eigenvalue weighted by Gasteiger charge is 2.12. The molecule has 1 unspecified atom stereocenters. The van der Waals surface area contributed by atoms with Gasteiger partial charge in [0.05, 0.1) is 0 Å². The van der Waals surface area contributed by atoms with Crippen molar-refractivity contribution in [2.24, 2.45) is 0 Å². The summed E-state index contributed by atoms with van der Waals surface area (Å²) < 4.78 is 19.8. The first-order valence-corrected chi connectivity index (χ1v) is 8.08. The lowest BCUT2D eigenvalue weighted by atomic mass is 10.1. The van der Waals surface area contributed by atoms with Crippen LogP contribution in [0.2, 0.25) is 0 Å². The van der Waals surface area contributed by atoms with Crippen LogP contribution in [-0.4, -0.2) is 37.7 Å². The van der Waals surface area contributed by atoms with Crippen LogP contribution < -0.4 is 10.1 Å². The number of benzene rings is 1.